The normalized spacial score (nSPS) is 10.9. The molecule has 4 heteroatoms. The Balaban J connectivity index is 2.48. The Bertz CT molecular complexity index is 343. The number of rotatable bonds is 7. The molecule has 0 aromatic carbocycles. The van der Waals surface area contributed by atoms with Crippen LogP contribution in [-0.4, -0.2) is 40.8 Å². The van der Waals surface area contributed by atoms with Crippen LogP contribution in [0.4, 0.5) is 0 Å². The summed E-state index contributed by atoms with van der Waals surface area (Å²) in [5.41, 5.74) is 0.0305. The average molecular weight is 224 g/mol. The van der Waals surface area contributed by atoms with Crippen molar-refractivity contribution in [2.24, 2.45) is 0 Å². The monoisotopic (exact) mass is 224 g/mol. The fraction of sp³-hybridized carbons (Fsp3) is 0.583. The van der Waals surface area contributed by atoms with E-state index >= 15 is 0 Å². The fourth-order valence-electron chi connectivity index (χ4n) is 1.69. The van der Waals surface area contributed by atoms with Gasteiger partial charge in [0.05, 0.1) is 6.61 Å². The number of aromatic nitrogens is 1. The van der Waals surface area contributed by atoms with Gasteiger partial charge in [-0.1, -0.05) is 13.0 Å². The zero-order chi connectivity index (χ0) is 11.8. The van der Waals surface area contributed by atoms with E-state index < -0.39 is 0 Å². The number of pyridine rings is 1. The quantitative estimate of drug-likeness (QED) is 0.736. The van der Waals surface area contributed by atoms with Gasteiger partial charge in [-0.3, -0.25) is 9.69 Å². The summed E-state index contributed by atoms with van der Waals surface area (Å²) in [5, 5.41) is 8.90. The first kappa shape index (κ1) is 12.9. The Morgan fingerprint density at radius 3 is 2.75 bits per heavy atom. The summed E-state index contributed by atoms with van der Waals surface area (Å²) in [7, 11) is 0. The highest BCUT2D eigenvalue weighted by molar-refractivity contribution is 4.93. The highest BCUT2D eigenvalue weighted by Crippen LogP contribution is 1.92. The van der Waals surface area contributed by atoms with E-state index in [1.807, 2.05) is 6.07 Å². The molecule has 1 heterocycles. The first-order chi connectivity index (χ1) is 7.77. The minimum absolute atomic E-state index is 0.0305. The number of nitrogens with zero attached hydrogens (tertiary/aromatic N) is 2. The van der Waals surface area contributed by atoms with Gasteiger partial charge in [-0.25, -0.2) is 0 Å². The molecule has 0 atom stereocenters. The van der Waals surface area contributed by atoms with Crippen molar-refractivity contribution in [3.05, 3.63) is 34.7 Å². The van der Waals surface area contributed by atoms with Crippen LogP contribution >= 0.6 is 0 Å². The smallest absolute Gasteiger partial charge is 0.250 e. The van der Waals surface area contributed by atoms with Crippen molar-refractivity contribution in [3.63, 3.8) is 0 Å². The molecule has 0 saturated carbocycles. The molecule has 4 nitrogen and oxygen atoms in total. The molecule has 0 fully saturated rings. The van der Waals surface area contributed by atoms with E-state index in [-0.39, 0.29) is 12.2 Å². The minimum Gasteiger partial charge on any atom is -0.395 e. The molecule has 0 radical (unpaired) electrons. The predicted molar refractivity (Wildman–Crippen MR) is 64.5 cm³/mol. The SMILES string of the molecule is CCCN(CCO)CCn1ccccc1=O. The summed E-state index contributed by atoms with van der Waals surface area (Å²) >= 11 is 0. The van der Waals surface area contributed by atoms with Crippen LogP contribution in [0.2, 0.25) is 0 Å². The third kappa shape index (κ3) is 4.16. The molecule has 0 unspecified atom stereocenters. The van der Waals surface area contributed by atoms with Gasteiger partial charge in [0.15, 0.2) is 0 Å². The highest BCUT2D eigenvalue weighted by atomic mass is 16.3. The second-order valence-electron chi connectivity index (χ2n) is 3.80. The van der Waals surface area contributed by atoms with Crippen molar-refractivity contribution >= 4 is 0 Å². The third-order valence-electron chi connectivity index (χ3n) is 2.51. The third-order valence-corrected chi connectivity index (χ3v) is 2.51. The van der Waals surface area contributed by atoms with Gasteiger partial charge < -0.3 is 9.67 Å². The molecule has 1 aromatic heterocycles. The highest BCUT2D eigenvalue weighted by Gasteiger charge is 2.03. The summed E-state index contributed by atoms with van der Waals surface area (Å²) in [4.78, 5) is 13.6. The van der Waals surface area contributed by atoms with Gasteiger partial charge in [-0.2, -0.15) is 0 Å². The van der Waals surface area contributed by atoms with Crippen molar-refractivity contribution in [3.8, 4) is 0 Å². The lowest BCUT2D eigenvalue weighted by Gasteiger charge is -2.20. The largest absolute Gasteiger partial charge is 0.395 e. The van der Waals surface area contributed by atoms with Gasteiger partial charge in [0, 0.05) is 31.9 Å². The molecule has 1 N–H and O–H groups in total. The Kier molecular flexibility index (Phi) is 5.82. The standard InChI is InChI=1S/C12H20N2O2/c1-2-6-13(10-11-15)8-9-14-7-4-3-5-12(14)16/h3-5,7,15H,2,6,8-11H2,1H3. The van der Waals surface area contributed by atoms with Crippen molar-refractivity contribution in [1.29, 1.82) is 0 Å². The molecule has 0 amide bonds. The summed E-state index contributed by atoms with van der Waals surface area (Å²) in [6, 6.07) is 5.17. The first-order valence-electron chi connectivity index (χ1n) is 5.76. The van der Waals surface area contributed by atoms with Crippen LogP contribution in [0.5, 0.6) is 0 Å². The molecular weight excluding hydrogens is 204 g/mol. The van der Waals surface area contributed by atoms with E-state index in [1.165, 1.54) is 0 Å². The Hall–Kier alpha value is -1.13. The van der Waals surface area contributed by atoms with E-state index in [2.05, 4.69) is 11.8 Å². The van der Waals surface area contributed by atoms with Gasteiger partial charge in [0.25, 0.3) is 5.56 Å². The summed E-state index contributed by atoms with van der Waals surface area (Å²) < 4.78 is 1.69. The van der Waals surface area contributed by atoms with E-state index in [0.717, 1.165) is 19.5 Å². The van der Waals surface area contributed by atoms with Crippen molar-refractivity contribution in [1.82, 2.24) is 9.47 Å². The number of hydrogen-bond donors (Lipinski definition) is 1. The van der Waals surface area contributed by atoms with Crippen LogP contribution in [0.25, 0.3) is 0 Å². The van der Waals surface area contributed by atoms with Gasteiger partial charge in [-0.15, -0.1) is 0 Å². The predicted octanol–water partition coefficient (Wildman–Crippen LogP) is 0.553. The van der Waals surface area contributed by atoms with Crippen molar-refractivity contribution < 1.29 is 5.11 Å². The van der Waals surface area contributed by atoms with Gasteiger partial charge in [0.2, 0.25) is 0 Å². The molecule has 0 aliphatic heterocycles. The van der Waals surface area contributed by atoms with Crippen LogP contribution in [0.1, 0.15) is 13.3 Å². The zero-order valence-corrected chi connectivity index (χ0v) is 9.80. The molecule has 16 heavy (non-hydrogen) atoms. The topological polar surface area (TPSA) is 45.5 Å². The zero-order valence-electron chi connectivity index (χ0n) is 9.80. The molecule has 0 bridgehead atoms. The maximum absolute atomic E-state index is 11.4. The van der Waals surface area contributed by atoms with Gasteiger partial charge in [0.1, 0.15) is 0 Å². The van der Waals surface area contributed by atoms with E-state index in [1.54, 1.807) is 22.9 Å². The molecule has 0 aliphatic rings. The van der Waals surface area contributed by atoms with Crippen LogP contribution in [0, 0.1) is 0 Å². The number of hydrogen-bond acceptors (Lipinski definition) is 3. The Morgan fingerprint density at radius 2 is 2.12 bits per heavy atom. The lowest BCUT2D eigenvalue weighted by molar-refractivity contribution is 0.191. The summed E-state index contributed by atoms with van der Waals surface area (Å²) in [6.45, 7) is 5.40. The van der Waals surface area contributed by atoms with E-state index in [0.29, 0.717) is 13.1 Å². The molecule has 1 aromatic rings. The van der Waals surface area contributed by atoms with Crippen LogP contribution in [0.3, 0.4) is 0 Å². The second-order valence-corrected chi connectivity index (χ2v) is 3.80. The van der Waals surface area contributed by atoms with E-state index in [4.69, 9.17) is 5.11 Å². The average Bonchev–Trinajstić information content (AvgIpc) is 2.28. The summed E-state index contributed by atoms with van der Waals surface area (Å²) in [5.74, 6) is 0. The number of aliphatic hydroxyl groups is 1. The Morgan fingerprint density at radius 1 is 1.31 bits per heavy atom. The maximum atomic E-state index is 11.4. The number of aliphatic hydroxyl groups excluding tert-OH is 1. The molecule has 0 spiro atoms. The second kappa shape index (κ2) is 7.19. The lowest BCUT2D eigenvalue weighted by Crippen LogP contribution is -2.33. The van der Waals surface area contributed by atoms with Gasteiger partial charge >= 0.3 is 0 Å². The minimum atomic E-state index is 0.0305. The summed E-state index contributed by atoms with van der Waals surface area (Å²) in [6.07, 6.45) is 2.86. The molecule has 0 saturated heterocycles. The van der Waals surface area contributed by atoms with Crippen molar-refractivity contribution in [2.75, 3.05) is 26.2 Å². The lowest BCUT2D eigenvalue weighted by atomic mass is 10.4. The van der Waals surface area contributed by atoms with Crippen molar-refractivity contribution in [2.45, 2.75) is 19.9 Å². The fourth-order valence-corrected chi connectivity index (χ4v) is 1.69. The molecule has 1 rings (SSSR count). The van der Waals surface area contributed by atoms with Crippen LogP contribution in [-0.2, 0) is 6.54 Å². The molecule has 90 valence electrons. The van der Waals surface area contributed by atoms with Gasteiger partial charge in [-0.05, 0) is 19.0 Å². The van der Waals surface area contributed by atoms with Crippen LogP contribution in [0.15, 0.2) is 29.2 Å². The van der Waals surface area contributed by atoms with Crippen LogP contribution < -0.4 is 5.56 Å². The molecular formula is C12H20N2O2. The maximum Gasteiger partial charge on any atom is 0.250 e. The van der Waals surface area contributed by atoms with E-state index in [9.17, 15) is 4.79 Å². The first-order valence-corrected chi connectivity index (χ1v) is 5.76. The Labute approximate surface area is 96.1 Å². The molecule has 0 aliphatic carbocycles.